The molecule has 14 heavy (non-hydrogen) atoms. The lowest BCUT2D eigenvalue weighted by molar-refractivity contribution is -0.402. The van der Waals surface area contributed by atoms with Gasteiger partial charge in [0.25, 0.3) is 0 Å². The summed E-state index contributed by atoms with van der Waals surface area (Å²) >= 11 is 5.43. The molecule has 6 nitrogen and oxygen atoms in total. The predicted octanol–water partition coefficient (Wildman–Crippen LogP) is 0.702. The summed E-state index contributed by atoms with van der Waals surface area (Å²) in [5.41, 5.74) is 0. The number of primary sulfonamides is 1. The molecule has 0 aromatic carbocycles. The van der Waals surface area contributed by atoms with Gasteiger partial charge in [0, 0.05) is 6.08 Å². The van der Waals surface area contributed by atoms with Crippen molar-refractivity contribution in [2.75, 3.05) is 0 Å². The van der Waals surface area contributed by atoms with Crippen LogP contribution in [-0.4, -0.2) is 13.3 Å². The first kappa shape index (κ1) is 12.8. The van der Waals surface area contributed by atoms with Crippen LogP contribution < -0.4 is 5.14 Å². The van der Waals surface area contributed by atoms with Gasteiger partial charge in [-0.2, -0.15) is 0 Å². The highest BCUT2D eigenvalue weighted by Gasteiger charge is 2.13. The second-order valence-corrected chi connectivity index (χ2v) is 4.00. The van der Waals surface area contributed by atoms with Crippen molar-refractivity contribution in [3.63, 3.8) is 0 Å². The highest BCUT2D eigenvalue weighted by Crippen LogP contribution is 2.15. The summed E-state index contributed by atoms with van der Waals surface area (Å²) in [5.74, 6) is 0. The molecule has 0 aliphatic heterocycles. The van der Waals surface area contributed by atoms with Gasteiger partial charge in [0.05, 0.1) is 9.96 Å². The number of rotatable bonds is 4. The Morgan fingerprint density at radius 1 is 1.57 bits per heavy atom. The van der Waals surface area contributed by atoms with E-state index in [0.717, 1.165) is 6.08 Å². The number of allylic oxidation sites excluding steroid dienone is 3. The van der Waals surface area contributed by atoms with Crippen molar-refractivity contribution in [3.05, 3.63) is 45.0 Å². The third-order valence-electron chi connectivity index (χ3n) is 1.07. The van der Waals surface area contributed by atoms with Crippen LogP contribution in [0.15, 0.2) is 34.9 Å². The number of sulfonamides is 1. The molecule has 0 bridgehead atoms. The molecule has 0 spiro atoms. The van der Waals surface area contributed by atoms with E-state index >= 15 is 0 Å². The number of halogens is 1. The van der Waals surface area contributed by atoms with Crippen LogP contribution in [-0.2, 0) is 10.0 Å². The van der Waals surface area contributed by atoms with Crippen LogP contribution in [0.4, 0.5) is 0 Å². The molecule has 0 atom stereocenters. The normalized spacial score (nSPS) is 13.9. The van der Waals surface area contributed by atoms with Crippen molar-refractivity contribution in [3.8, 4) is 0 Å². The van der Waals surface area contributed by atoms with Crippen molar-refractivity contribution >= 4 is 21.6 Å². The first-order chi connectivity index (χ1) is 6.29. The van der Waals surface area contributed by atoms with E-state index in [-0.39, 0.29) is 5.03 Å². The molecular formula is C6H7ClN2O4S. The summed E-state index contributed by atoms with van der Waals surface area (Å²) in [5, 5.41) is 14.4. The Bertz CT molecular complexity index is 410. The standard InChI is InChI=1S/C6H7ClN2O4S/c1-2-5(7)6(14(8,12)13)3-4-9(10)11/h2-4H,1H2,(H2,8,12,13)/b4-3+,6-5-. The van der Waals surface area contributed by atoms with E-state index in [9.17, 15) is 18.5 Å². The van der Waals surface area contributed by atoms with Crippen LogP contribution in [0.1, 0.15) is 0 Å². The number of nitro groups is 1. The fraction of sp³-hybridized carbons (Fsp3) is 0. The maximum absolute atomic E-state index is 10.9. The van der Waals surface area contributed by atoms with Crippen LogP contribution in [0.25, 0.3) is 0 Å². The topological polar surface area (TPSA) is 103 Å². The van der Waals surface area contributed by atoms with Gasteiger partial charge in [0.2, 0.25) is 16.2 Å². The summed E-state index contributed by atoms with van der Waals surface area (Å²) in [6.45, 7) is 3.21. The first-order valence-corrected chi connectivity index (χ1v) is 5.08. The zero-order valence-electron chi connectivity index (χ0n) is 6.88. The van der Waals surface area contributed by atoms with Crippen molar-refractivity contribution in [1.29, 1.82) is 0 Å². The Kier molecular flexibility index (Phi) is 4.48. The van der Waals surface area contributed by atoms with Gasteiger partial charge >= 0.3 is 0 Å². The molecule has 78 valence electrons. The van der Waals surface area contributed by atoms with E-state index in [1.807, 2.05) is 0 Å². The quantitative estimate of drug-likeness (QED) is 0.442. The van der Waals surface area contributed by atoms with Crippen molar-refractivity contribution < 1.29 is 13.3 Å². The second kappa shape index (κ2) is 4.89. The van der Waals surface area contributed by atoms with Crippen LogP contribution in [0.5, 0.6) is 0 Å². The summed E-state index contributed by atoms with van der Waals surface area (Å²) < 4.78 is 21.7. The minimum absolute atomic E-state index is 0.273. The maximum Gasteiger partial charge on any atom is 0.239 e. The summed E-state index contributed by atoms with van der Waals surface area (Å²) in [4.78, 5) is 8.55. The molecule has 0 aromatic rings. The van der Waals surface area contributed by atoms with Gasteiger partial charge < -0.3 is 0 Å². The Balaban J connectivity index is 5.38. The van der Waals surface area contributed by atoms with Crippen LogP contribution in [0, 0.1) is 10.1 Å². The summed E-state index contributed by atoms with van der Waals surface area (Å²) in [6, 6.07) is 0. The number of nitrogens with two attached hydrogens (primary N) is 1. The molecule has 0 saturated carbocycles. The average molecular weight is 239 g/mol. The lowest BCUT2D eigenvalue weighted by Gasteiger charge is -1.98. The molecule has 0 fully saturated rings. The Morgan fingerprint density at radius 2 is 2.07 bits per heavy atom. The monoisotopic (exact) mass is 238 g/mol. The molecule has 0 radical (unpaired) electrons. The number of nitrogens with zero attached hydrogens (tertiary/aromatic N) is 1. The van der Waals surface area contributed by atoms with Gasteiger partial charge in [0.1, 0.15) is 4.91 Å². The van der Waals surface area contributed by atoms with Gasteiger partial charge in [0.15, 0.2) is 0 Å². The van der Waals surface area contributed by atoms with Crippen molar-refractivity contribution in [1.82, 2.24) is 0 Å². The van der Waals surface area contributed by atoms with Crippen LogP contribution >= 0.6 is 11.6 Å². The molecule has 0 aliphatic carbocycles. The third-order valence-corrected chi connectivity index (χ3v) is 2.51. The van der Waals surface area contributed by atoms with Gasteiger partial charge in [-0.3, -0.25) is 10.1 Å². The Morgan fingerprint density at radius 3 is 2.36 bits per heavy atom. The lowest BCUT2D eigenvalue weighted by Crippen LogP contribution is -2.14. The van der Waals surface area contributed by atoms with Gasteiger partial charge in [-0.15, -0.1) is 0 Å². The van der Waals surface area contributed by atoms with E-state index < -0.39 is 19.9 Å². The van der Waals surface area contributed by atoms with E-state index in [2.05, 4.69) is 6.58 Å². The van der Waals surface area contributed by atoms with Crippen molar-refractivity contribution in [2.45, 2.75) is 0 Å². The van der Waals surface area contributed by atoms with Crippen LogP contribution in [0.2, 0.25) is 0 Å². The maximum atomic E-state index is 10.9. The first-order valence-electron chi connectivity index (χ1n) is 3.15. The molecule has 0 saturated heterocycles. The van der Waals surface area contributed by atoms with E-state index in [1.54, 1.807) is 0 Å². The molecule has 0 unspecified atom stereocenters. The molecule has 8 heteroatoms. The fourth-order valence-corrected chi connectivity index (χ4v) is 1.53. The molecule has 0 aliphatic rings. The highest BCUT2D eigenvalue weighted by atomic mass is 35.5. The molecule has 2 N–H and O–H groups in total. The number of hydrogen-bond donors (Lipinski definition) is 1. The molecule has 0 amide bonds. The van der Waals surface area contributed by atoms with Gasteiger partial charge in [-0.1, -0.05) is 18.2 Å². The molecule has 0 rings (SSSR count). The van der Waals surface area contributed by atoms with E-state index in [4.69, 9.17) is 16.7 Å². The van der Waals surface area contributed by atoms with E-state index in [0.29, 0.717) is 12.3 Å². The third kappa shape index (κ3) is 4.17. The van der Waals surface area contributed by atoms with Gasteiger partial charge in [-0.25, -0.2) is 13.6 Å². The van der Waals surface area contributed by atoms with Gasteiger partial charge in [-0.05, 0) is 6.08 Å². The zero-order valence-corrected chi connectivity index (χ0v) is 8.46. The zero-order chi connectivity index (χ0) is 11.4. The van der Waals surface area contributed by atoms with Crippen LogP contribution in [0.3, 0.4) is 0 Å². The molecule has 0 aromatic heterocycles. The highest BCUT2D eigenvalue weighted by molar-refractivity contribution is 7.93. The van der Waals surface area contributed by atoms with Crippen molar-refractivity contribution in [2.24, 2.45) is 5.14 Å². The lowest BCUT2D eigenvalue weighted by atomic mass is 10.4. The fourth-order valence-electron chi connectivity index (χ4n) is 0.539. The SMILES string of the molecule is C=C/C(Cl)=C(\C=C\[N+](=O)[O-])S(N)(=O)=O. The average Bonchev–Trinajstić information content (AvgIpc) is 2.01. The predicted molar refractivity (Wildman–Crippen MR) is 52.3 cm³/mol. The molecule has 0 heterocycles. The second-order valence-electron chi connectivity index (χ2n) is 2.06. The largest absolute Gasteiger partial charge is 0.259 e. The Labute approximate surface area is 85.6 Å². The summed E-state index contributed by atoms with van der Waals surface area (Å²) in [6.07, 6.45) is 2.14. The molecular weight excluding hydrogens is 232 g/mol. The number of hydrogen-bond acceptors (Lipinski definition) is 4. The summed E-state index contributed by atoms with van der Waals surface area (Å²) in [7, 11) is -4.09. The van der Waals surface area contributed by atoms with E-state index in [1.165, 1.54) is 0 Å². The minimum Gasteiger partial charge on any atom is -0.259 e. The Hall–Kier alpha value is -1.18. The smallest absolute Gasteiger partial charge is 0.239 e. The minimum atomic E-state index is -4.09.